The Hall–Kier alpha value is -0.0900. The van der Waals surface area contributed by atoms with Gasteiger partial charge < -0.3 is 11.1 Å². The van der Waals surface area contributed by atoms with Crippen molar-refractivity contribution in [3.05, 3.63) is 21.3 Å². The average Bonchev–Trinajstić information content (AvgIpc) is 2.62. The van der Waals surface area contributed by atoms with Crippen LogP contribution in [0.2, 0.25) is 4.34 Å². The van der Waals surface area contributed by atoms with E-state index in [0.29, 0.717) is 12.1 Å². The van der Waals surface area contributed by atoms with Crippen LogP contribution < -0.4 is 11.1 Å². The molecule has 1 fully saturated rings. The van der Waals surface area contributed by atoms with Gasteiger partial charge in [-0.05, 0) is 31.4 Å². The normalized spacial score (nSPS) is 26.8. The lowest BCUT2D eigenvalue weighted by atomic mass is 9.92. The van der Waals surface area contributed by atoms with E-state index in [9.17, 15) is 0 Å². The van der Waals surface area contributed by atoms with E-state index in [4.69, 9.17) is 17.3 Å². The van der Waals surface area contributed by atoms with Crippen LogP contribution in [-0.4, -0.2) is 12.1 Å². The fourth-order valence-electron chi connectivity index (χ4n) is 2.10. The van der Waals surface area contributed by atoms with Gasteiger partial charge in [-0.25, -0.2) is 0 Å². The van der Waals surface area contributed by atoms with Crippen LogP contribution in [0.25, 0.3) is 0 Å². The predicted molar refractivity (Wildman–Crippen MR) is 66.4 cm³/mol. The zero-order valence-electron chi connectivity index (χ0n) is 8.71. The molecule has 0 aromatic carbocycles. The molecule has 0 spiro atoms. The number of hydrogen-bond donors (Lipinski definition) is 2. The van der Waals surface area contributed by atoms with Crippen molar-refractivity contribution < 1.29 is 0 Å². The van der Waals surface area contributed by atoms with Crippen molar-refractivity contribution in [1.29, 1.82) is 0 Å². The Labute approximate surface area is 99.8 Å². The Morgan fingerprint density at radius 2 is 2.33 bits per heavy atom. The van der Waals surface area contributed by atoms with Crippen molar-refractivity contribution >= 4 is 22.9 Å². The topological polar surface area (TPSA) is 38.0 Å². The summed E-state index contributed by atoms with van der Waals surface area (Å²) in [7, 11) is 0. The van der Waals surface area contributed by atoms with Gasteiger partial charge in [-0.1, -0.05) is 18.0 Å². The smallest absolute Gasteiger partial charge is 0.0931 e. The second-order valence-electron chi connectivity index (χ2n) is 4.21. The molecule has 2 rings (SSSR count). The van der Waals surface area contributed by atoms with Crippen molar-refractivity contribution in [1.82, 2.24) is 5.32 Å². The lowest BCUT2D eigenvalue weighted by Gasteiger charge is -2.27. The summed E-state index contributed by atoms with van der Waals surface area (Å²) in [5.74, 6) is 0. The second-order valence-corrected chi connectivity index (χ2v) is 6.01. The maximum absolute atomic E-state index is 5.94. The molecule has 0 radical (unpaired) electrons. The quantitative estimate of drug-likeness (QED) is 0.858. The maximum Gasteiger partial charge on any atom is 0.0931 e. The molecular formula is C11H17ClN2S. The van der Waals surface area contributed by atoms with Gasteiger partial charge in [-0.2, -0.15) is 0 Å². The first-order valence-electron chi connectivity index (χ1n) is 5.47. The van der Waals surface area contributed by atoms with Crippen molar-refractivity contribution in [3.63, 3.8) is 0 Å². The molecule has 1 aromatic rings. The Kier molecular flexibility index (Phi) is 4.03. The Bertz CT molecular complexity index is 313. The summed E-state index contributed by atoms with van der Waals surface area (Å²) in [6.07, 6.45) is 4.80. The van der Waals surface area contributed by atoms with Gasteiger partial charge in [0.15, 0.2) is 0 Å². The summed E-state index contributed by atoms with van der Waals surface area (Å²) >= 11 is 7.52. The second kappa shape index (κ2) is 5.30. The maximum atomic E-state index is 5.94. The molecule has 0 aliphatic heterocycles. The number of rotatable bonds is 3. The molecule has 4 heteroatoms. The van der Waals surface area contributed by atoms with Gasteiger partial charge in [0.25, 0.3) is 0 Å². The Balaban J connectivity index is 1.77. The molecule has 1 aromatic heterocycles. The van der Waals surface area contributed by atoms with Crippen LogP contribution in [0.3, 0.4) is 0 Å². The van der Waals surface area contributed by atoms with E-state index < -0.39 is 0 Å². The van der Waals surface area contributed by atoms with Crippen molar-refractivity contribution in [2.75, 3.05) is 0 Å². The van der Waals surface area contributed by atoms with Crippen molar-refractivity contribution in [3.8, 4) is 0 Å². The van der Waals surface area contributed by atoms with E-state index in [1.807, 2.05) is 6.07 Å². The molecule has 0 amide bonds. The molecule has 2 nitrogen and oxygen atoms in total. The minimum atomic E-state index is 0.392. The highest BCUT2D eigenvalue weighted by molar-refractivity contribution is 7.16. The van der Waals surface area contributed by atoms with Crippen LogP contribution in [0.4, 0.5) is 0 Å². The van der Waals surface area contributed by atoms with Crippen LogP contribution in [0.5, 0.6) is 0 Å². The molecular weight excluding hydrogens is 228 g/mol. The van der Waals surface area contributed by atoms with Crippen molar-refractivity contribution in [2.45, 2.75) is 44.3 Å². The highest BCUT2D eigenvalue weighted by Crippen LogP contribution is 2.22. The summed E-state index contributed by atoms with van der Waals surface area (Å²) < 4.78 is 0.868. The zero-order chi connectivity index (χ0) is 10.7. The van der Waals surface area contributed by atoms with Crippen LogP contribution in [0.15, 0.2) is 12.1 Å². The molecule has 2 unspecified atom stereocenters. The number of halogens is 1. The SMILES string of the molecule is NC1CCCC(NCc2ccc(Cl)s2)C1. The summed E-state index contributed by atoms with van der Waals surface area (Å²) in [5.41, 5.74) is 5.94. The number of hydrogen-bond acceptors (Lipinski definition) is 3. The average molecular weight is 245 g/mol. The minimum absolute atomic E-state index is 0.392. The van der Waals surface area contributed by atoms with Crippen molar-refractivity contribution in [2.24, 2.45) is 5.73 Å². The van der Waals surface area contributed by atoms with Gasteiger partial charge in [-0.3, -0.25) is 0 Å². The molecule has 84 valence electrons. The largest absolute Gasteiger partial charge is 0.328 e. The Morgan fingerprint density at radius 3 is 3.00 bits per heavy atom. The van der Waals surface area contributed by atoms with E-state index in [1.165, 1.54) is 24.1 Å². The van der Waals surface area contributed by atoms with Gasteiger partial charge in [-0.15, -0.1) is 11.3 Å². The molecule has 1 aliphatic rings. The lowest BCUT2D eigenvalue weighted by Crippen LogP contribution is -2.38. The molecule has 1 aliphatic carbocycles. The van der Waals surface area contributed by atoms with Gasteiger partial charge in [0.1, 0.15) is 0 Å². The van der Waals surface area contributed by atoms with Gasteiger partial charge >= 0.3 is 0 Å². The number of thiophene rings is 1. The fourth-order valence-corrected chi connectivity index (χ4v) is 3.14. The monoisotopic (exact) mass is 244 g/mol. The standard InChI is InChI=1S/C11H17ClN2S/c12-11-5-4-10(15-11)7-14-9-3-1-2-8(13)6-9/h4-5,8-9,14H,1-3,6-7,13H2. The molecule has 0 saturated heterocycles. The van der Waals surface area contributed by atoms with Crippen LogP contribution in [0.1, 0.15) is 30.6 Å². The zero-order valence-corrected chi connectivity index (χ0v) is 10.3. The van der Waals surface area contributed by atoms with Crippen LogP contribution in [0, 0.1) is 0 Å². The van der Waals surface area contributed by atoms with E-state index in [1.54, 1.807) is 11.3 Å². The van der Waals surface area contributed by atoms with Crippen LogP contribution in [-0.2, 0) is 6.54 Å². The Morgan fingerprint density at radius 1 is 1.47 bits per heavy atom. The summed E-state index contributed by atoms with van der Waals surface area (Å²) in [4.78, 5) is 1.30. The van der Waals surface area contributed by atoms with Crippen LogP contribution >= 0.6 is 22.9 Å². The third-order valence-corrected chi connectivity index (χ3v) is 4.14. The molecule has 1 heterocycles. The summed E-state index contributed by atoms with van der Waals surface area (Å²) in [6, 6.07) is 5.02. The lowest BCUT2D eigenvalue weighted by molar-refractivity contribution is 0.339. The molecule has 3 N–H and O–H groups in total. The minimum Gasteiger partial charge on any atom is -0.328 e. The fraction of sp³-hybridized carbons (Fsp3) is 0.636. The molecule has 2 atom stereocenters. The first-order valence-corrected chi connectivity index (χ1v) is 6.66. The summed E-state index contributed by atoms with van der Waals surface area (Å²) in [5, 5.41) is 3.55. The van der Waals surface area contributed by atoms with Gasteiger partial charge in [0.2, 0.25) is 0 Å². The summed E-state index contributed by atoms with van der Waals surface area (Å²) in [6.45, 7) is 0.925. The molecule has 15 heavy (non-hydrogen) atoms. The van der Waals surface area contributed by atoms with Gasteiger partial charge in [0, 0.05) is 23.5 Å². The van der Waals surface area contributed by atoms with E-state index in [0.717, 1.165) is 17.3 Å². The highest BCUT2D eigenvalue weighted by atomic mass is 35.5. The first kappa shape index (κ1) is 11.4. The van der Waals surface area contributed by atoms with E-state index in [-0.39, 0.29) is 0 Å². The number of nitrogens with one attached hydrogen (secondary N) is 1. The first-order chi connectivity index (χ1) is 7.24. The molecule has 1 saturated carbocycles. The predicted octanol–water partition coefficient (Wildman–Crippen LogP) is 2.76. The molecule has 0 bridgehead atoms. The highest BCUT2D eigenvalue weighted by Gasteiger charge is 2.18. The number of nitrogens with two attached hydrogens (primary N) is 1. The van der Waals surface area contributed by atoms with E-state index >= 15 is 0 Å². The van der Waals surface area contributed by atoms with Gasteiger partial charge in [0.05, 0.1) is 4.34 Å². The third kappa shape index (κ3) is 3.45. The van der Waals surface area contributed by atoms with E-state index in [2.05, 4.69) is 11.4 Å². The third-order valence-electron chi connectivity index (χ3n) is 2.91.